The van der Waals surface area contributed by atoms with E-state index >= 15 is 0 Å². The molecule has 6 heteroatoms. The van der Waals surface area contributed by atoms with Gasteiger partial charge in [-0.15, -0.1) is 0 Å². The molecule has 2 aromatic rings. The molecule has 2 unspecified atom stereocenters. The molecule has 124 valence electrons. The van der Waals surface area contributed by atoms with Gasteiger partial charge in [-0.1, -0.05) is 19.1 Å². The molecule has 1 aromatic heterocycles. The van der Waals surface area contributed by atoms with Crippen molar-refractivity contribution in [3.05, 3.63) is 53.9 Å². The number of amides is 1. The van der Waals surface area contributed by atoms with E-state index in [0.29, 0.717) is 12.1 Å². The molecule has 23 heavy (non-hydrogen) atoms. The van der Waals surface area contributed by atoms with E-state index < -0.39 is 11.9 Å². The van der Waals surface area contributed by atoms with Gasteiger partial charge in [-0.2, -0.15) is 0 Å². The summed E-state index contributed by atoms with van der Waals surface area (Å²) in [5, 5.41) is 12.8. The highest BCUT2D eigenvalue weighted by Gasteiger charge is 2.14. The minimum atomic E-state index is -1.00. The molecule has 1 heterocycles. The molecule has 0 aliphatic carbocycles. The zero-order chi connectivity index (χ0) is 16.8. The maximum atomic E-state index is 13.1. The van der Waals surface area contributed by atoms with Crippen LogP contribution < -0.4 is 5.32 Å². The molecule has 0 spiro atoms. The first-order valence-corrected chi connectivity index (χ1v) is 7.63. The highest BCUT2D eigenvalue weighted by atomic mass is 19.1. The van der Waals surface area contributed by atoms with E-state index in [0.717, 1.165) is 12.4 Å². The second-order valence-electron chi connectivity index (χ2n) is 5.81. The van der Waals surface area contributed by atoms with E-state index in [2.05, 4.69) is 10.3 Å². The molecule has 2 N–H and O–H groups in total. The first kappa shape index (κ1) is 17.1. The zero-order valence-electron chi connectivity index (χ0n) is 13.4. The molecule has 1 amide bonds. The third-order valence-corrected chi connectivity index (χ3v) is 3.69. The van der Waals surface area contributed by atoms with Crippen molar-refractivity contribution in [2.24, 2.45) is 5.92 Å². The van der Waals surface area contributed by atoms with E-state index in [4.69, 9.17) is 0 Å². The van der Waals surface area contributed by atoms with Crippen molar-refractivity contribution < 1.29 is 14.3 Å². The molecule has 0 aliphatic heterocycles. The fourth-order valence-corrected chi connectivity index (χ4v) is 2.36. The van der Waals surface area contributed by atoms with E-state index in [1.54, 1.807) is 12.3 Å². The summed E-state index contributed by atoms with van der Waals surface area (Å²) in [6.07, 6.45) is 2.56. The number of aromatic nitrogens is 2. The fourth-order valence-electron chi connectivity index (χ4n) is 2.36. The molecule has 0 aliphatic rings. The van der Waals surface area contributed by atoms with Gasteiger partial charge in [-0.25, -0.2) is 9.37 Å². The summed E-state index contributed by atoms with van der Waals surface area (Å²) >= 11 is 0. The van der Waals surface area contributed by atoms with E-state index in [1.165, 1.54) is 18.2 Å². The van der Waals surface area contributed by atoms with Gasteiger partial charge in [0.15, 0.2) is 0 Å². The highest BCUT2D eigenvalue weighted by Crippen LogP contribution is 2.17. The topological polar surface area (TPSA) is 67.2 Å². The molecule has 0 saturated heterocycles. The molecule has 0 fully saturated rings. The van der Waals surface area contributed by atoms with Gasteiger partial charge in [0.1, 0.15) is 11.6 Å². The Balaban J connectivity index is 1.77. The minimum Gasteiger partial charge on any atom is -0.388 e. The third kappa shape index (κ3) is 5.17. The average Bonchev–Trinajstić information content (AvgIpc) is 2.90. The number of aryl methyl sites for hydroxylation is 1. The number of nitrogens with zero attached hydrogens (tertiary/aromatic N) is 2. The molecule has 2 atom stereocenters. The lowest BCUT2D eigenvalue weighted by molar-refractivity contribution is -0.123. The number of imidazole rings is 1. The number of hydrogen-bond acceptors (Lipinski definition) is 3. The van der Waals surface area contributed by atoms with Gasteiger partial charge in [0.05, 0.1) is 12.5 Å². The van der Waals surface area contributed by atoms with Crippen LogP contribution in [0, 0.1) is 18.7 Å². The zero-order valence-corrected chi connectivity index (χ0v) is 13.4. The quantitative estimate of drug-likeness (QED) is 0.822. The smallest absolute Gasteiger partial charge is 0.222 e. The van der Waals surface area contributed by atoms with E-state index in [9.17, 15) is 14.3 Å². The lowest BCUT2D eigenvalue weighted by atomic mass is 10.1. The summed E-state index contributed by atoms with van der Waals surface area (Å²) in [4.78, 5) is 16.1. The van der Waals surface area contributed by atoms with Gasteiger partial charge in [0.25, 0.3) is 0 Å². The van der Waals surface area contributed by atoms with Crippen LogP contribution in [0.25, 0.3) is 0 Å². The van der Waals surface area contributed by atoms with Crippen LogP contribution in [0.5, 0.6) is 0 Å². The first-order valence-electron chi connectivity index (χ1n) is 7.63. The Labute approximate surface area is 135 Å². The van der Waals surface area contributed by atoms with Crippen LogP contribution in [0.15, 0.2) is 36.7 Å². The standard InChI is InChI=1S/C17H22FN3O2/c1-12(11-21-7-6-19-13(21)2)10-20-17(23)9-16(22)14-4-3-5-15(18)8-14/h3-8,12,16,22H,9-11H2,1-2H3,(H,20,23). The summed E-state index contributed by atoms with van der Waals surface area (Å²) in [5.74, 6) is 0.491. The normalized spacial score (nSPS) is 13.6. The number of benzene rings is 1. The van der Waals surface area contributed by atoms with Crippen LogP contribution in [-0.2, 0) is 11.3 Å². The monoisotopic (exact) mass is 319 g/mol. The Morgan fingerprint density at radius 2 is 2.26 bits per heavy atom. The predicted octanol–water partition coefficient (Wildman–Crippen LogP) is 2.21. The SMILES string of the molecule is Cc1nccn1CC(C)CNC(=O)CC(O)c1cccc(F)c1. The number of carbonyl (C=O) groups excluding carboxylic acids is 1. The Morgan fingerprint density at radius 3 is 2.91 bits per heavy atom. The lowest BCUT2D eigenvalue weighted by Gasteiger charge is -2.16. The van der Waals surface area contributed by atoms with Crippen molar-refractivity contribution in [1.82, 2.24) is 14.9 Å². The van der Waals surface area contributed by atoms with Crippen LogP contribution in [0.4, 0.5) is 4.39 Å². The molecule has 2 rings (SSSR count). The van der Waals surface area contributed by atoms with Crippen LogP contribution >= 0.6 is 0 Å². The van der Waals surface area contributed by atoms with Crippen molar-refractivity contribution in [3.63, 3.8) is 0 Å². The van der Waals surface area contributed by atoms with Crippen LogP contribution in [0.1, 0.15) is 30.8 Å². The molecule has 0 radical (unpaired) electrons. The number of halogens is 1. The number of aliphatic hydroxyl groups is 1. The number of carbonyl (C=O) groups is 1. The third-order valence-electron chi connectivity index (χ3n) is 3.69. The van der Waals surface area contributed by atoms with Gasteiger partial charge in [0, 0.05) is 25.5 Å². The minimum absolute atomic E-state index is 0.0831. The lowest BCUT2D eigenvalue weighted by Crippen LogP contribution is -2.31. The summed E-state index contributed by atoms with van der Waals surface area (Å²) in [6.45, 7) is 5.23. The number of rotatable bonds is 7. The average molecular weight is 319 g/mol. The summed E-state index contributed by atoms with van der Waals surface area (Å²) in [5.41, 5.74) is 0.405. The first-order chi connectivity index (χ1) is 11.0. The van der Waals surface area contributed by atoms with Crippen molar-refractivity contribution in [2.75, 3.05) is 6.54 Å². The summed E-state index contributed by atoms with van der Waals surface area (Å²) in [6, 6.07) is 5.66. The summed E-state index contributed by atoms with van der Waals surface area (Å²) < 4.78 is 15.1. The maximum Gasteiger partial charge on any atom is 0.222 e. The number of aliphatic hydroxyl groups excluding tert-OH is 1. The van der Waals surface area contributed by atoms with Crippen molar-refractivity contribution >= 4 is 5.91 Å². The molecular weight excluding hydrogens is 297 g/mol. The van der Waals surface area contributed by atoms with Crippen LogP contribution in [0.3, 0.4) is 0 Å². The Bertz CT molecular complexity index is 657. The van der Waals surface area contributed by atoms with Crippen molar-refractivity contribution in [1.29, 1.82) is 0 Å². The van der Waals surface area contributed by atoms with Crippen molar-refractivity contribution in [2.45, 2.75) is 32.9 Å². The van der Waals surface area contributed by atoms with Gasteiger partial charge in [0.2, 0.25) is 5.91 Å². The molecule has 0 saturated carbocycles. The number of nitrogens with one attached hydrogen (secondary N) is 1. The highest BCUT2D eigenvalue weighted by molar-refractivity contribution is 5.76. The maximum absolute atomic E-state index is 13.1. The van der Waals surface area contributed by atoms with E-state index in [-0.39, 0.29) is 18.2 Å². The summed E-state index contributed by atoms with van der Waals surface area (Å²) in [7, 11) is 0. The van der Waals surface area contributed by atoms with E-state index in [1.807, 2.05) is 24.6 Å². The molecule has 5 nitrogen and oxygen atoms in total. The largest absolute Gasteiger partial charge is 0.388 e. The van der Waals surface area contributed by atoms with Crippen LogP contribution in [-0.4, -0.2) is 27.1 Å². The van der Waals surface area contributed by atoms with Gasteiger partial charge in [-0.05, 0) is 30.5 Å². The molecular formula is C17H22FN3O2. The Kier molecular flexibility index (Phi) is 5.87. The Hall–Kier alpha value is -2.21. The molecule has 1 aromatic carbocycles. The van der Waals surface area contributed by atoms with Gasteiger partial charge >= 0.3 is 0 Å². The Morgan fingerprint density at radius 1 is 1.48 bits per heavy atom. The van der Waals surface area contributed by atoms with Gasteiger partial charge in [-0.3, -0.25) is 4.79 Å². The second kappa shape index (κ2) is 7.87. The molecule has 0 bridgehead atoms. The fraction of sp³-hybridized carbons (Fsp3) is 0.412. The predicted molar refractivity (Wildman–Crippen MR) is 85.1 cm³/mol. The second-order valence-corrected chi connectivity index (χ2v) is 5.81. The van der Waals surface area contributed by atoms with Gasteiger partial charge < -0.3 is 15.0 Å². The van der Waals surface area contributed by atoms with Crippen molar-refractivity contribution in [3.8, 4) is 0 Å². The number of hydrogen-bond donors (Lipinski definition) is 2. The van der Waals surface area contributed by atoms with Crippen LogP contribution in [0.2, 0.25) is 0 Å².